The first kappa shape index (κ1) is 54.5. The van der Waals surface area contributed by atoms with Gasteiger partial charge in [-0.1, -0.05) is 196 Å². The van der Waals surface area contributed by atoms with E-state index in [0.717, 1.165) is 38.5 Å². The maximum Gasteiger partial charge on any atom is 0.305 e. The molecule has 0 bridgehead atoms. The molecule has 0 saturated heterocycles. The van der Waals surface area contributed by atoms with Crippen LogP contribution < -0.4 is 0 Å². The first-order valence-electron chi connectivity index (χ1n) is 23.8. The number of rotatable bonds is 39. The summed E-state index contributed by atoms with van der Waals surface area (Å²) in [6.45, 7) is 17.0. The molecule has 0 fully saturated rings. The van der Waals surface area contributed by atoms with Crippen LogP contribution in [-0.4, -0.2) is 37.7 Å². The van der Waals surface area contributed by atoms with Gasteiger partial charge in [-0.3, -0.25) is 14.4 Å². The Labute approximate surface area is 337 Å². The van der Waals surface area contributed by atoms with Crippen molar-refractivity contribution in [1.82, 2.24) is 0 Å². The van der Waals surface area contributed by atoms with Crippen molar-refractivity contribution < 1.29 is 28.6 Å². The first-order valence-corrected chi connectivity index (χ1v) is 23.8. The fourth-order valence-corrected chi connectivity index (χ4v) is 6.72. The molecule has 0 aromatic heterocycles. The molecule has 0 aromatic rings. The van der Waals surface area contributed by atoms with Crippen LogP contribution >= 0.6 is 0 Å². The predicted octanol–water partition coefficient (Wildman–Crippen LogP) is 15.1. The maximum absolute atomic E-state index is 11.8. The van der Waals surface area contributed by atoms with E-state index in [9.17, 15) is 14.4 Å². The van der Waals surface area contributed by atoms with E-state index in [4.69, 9.17) is 14.2 Å². The van der Waals surface area contributed by atoms with Gasteiger partial charge in [-0.05, 0) is 56.3 Å². The lowest BCUT2D eigenvalue weighted by molar-refractivity contribution is -0.147. The number of esters is 3. The topological polar surface area (TPSA) is 78.9 Å². The highest BCUT2D eigenvalue weighted by atomic mass is 16.5. The molecule has 0 saturated carbocycles. The van der Waals surface area contributed by atoms with E-state index in [-0.39, 0.29) is 17.9 Å². The molecule has 0 spiro atoms. The van der Waals surface area contributed by atoms with Crippen LogP contribution in [0.15, 0.2) is 0 Å². The minimum absolute atomic E-state index is 0.0182. The largest absolute Gasteiger partial charge is 0.465 e. The van der Waals surface area contributed by atoms with Gasteiger partial charge in [0.05, 0.1) is 19.8 Å². The van der Waals surface area contributed by atoms with Gasteiger partial charge < -0.3 is 14.2 Å². The van der Waals surface area contributed by atoms with Gasteiger partial charge in [-0.25, -0.2) is 0 Å². The highest BCUT2D eigenvalue weighted by Crippen LogP contribution is 2.17. The van der Waals surface area contributed by atoms with Crippen molar-refractivity contribution in [1.29, 1.82) is 0 Å². The summed E-state index contributed by atoms with van der Waals surface area (Å²) in [5, 5.41) is 0. The lowest BCUT2D eigenvalue weighted by atomic mass is 10.0. The highest BCUT2D eigenvalue weighted by Gasteiger charge is 2.13. The van der Waals surface area contributed by atoms with Crippen molar-refractivity contribution in [3.05, 3.63) is 0 Å². The highest BCUT2D eigenvalue weighted by molar-refractivity contribution is 5.70. The van der Waals surface area contributed by atoms with E-state index in [1.54, 1.807) is 0 Å². The van der Waals surface area contributed by atoms with Gasteiger partial charge in [-0.15, -0.1) is 0 Å². The summed E-state index contributed by atoms with van der Waals surface area (Å²) >= 11 is 0. The zero-order chi connectivity index (χ0) is 40.3. The molecule has 0 radical (unpaired) electrons. The van der Waals surface area contributed by atoms with E-state index in [1.807, 2.05) is 0 Å². The molecule has 0 heterocycles. The molecule has 0 aromatic carbocycles. The van der Waals surface area contributed by atoms with Crippen LogP contribution in [0, 0.1) is 17.8 Å². The van der Waals surface area contributed by atoms with Crippen molar-refractivity contribution in [2.45, 2.75) is 254 Å². The van der Waals surface area contributed by atoms with Crippen LogP contribution in [0.1, 0.15) is 254 Å². The third-order valence-electron chi connectivity index (χ3n) is 11.1. The fourth-order valence-electron chi connectivity index (χ4n) is 6.72. The van der Waals surface area contributed by atoms with Gasteiger partial charge >= 0.3 is 17.9 Å². The smallest absolute Gasteiger partial charge is 0.305 e. The van der Waals surface area contributed by atoms with Crippen LogP contribution in [0.25, 0.3) is 0 Å². The average molecular weight is 767 g/mol. The van der Waals surface area contributed by atoms with Gasteiger partial charge in [0.1, 0.15) is 0 Å². The molecule has 6 nitrogen and oxygen atoms in total. The molecule has 3 unspecified atom stereocenters. The Bertz CT molecular complexity index is 764. The van der Waals surface area contributed by atoms with Crippen molar-refractivity contribution in [3.63, 3.8) is 0 Å². The molecule has 0 aliphatic rings. The number of hydrogen-bond acceptors (Lipinski definition) is 6. The SMILES string of the molecule is CCCCC(CC)COC(=O)CCCCC(=O)OCC(CC)CCCC.CCCCCCCCCCCCCCCCCC(=O)OCC(CC)CCCC. The summed E-state index contributed by atoms with van der Waals surface area (Å²) in [4.78, 5) is 35.4. The second-order valence-corrected chi connectivity index (χ2v) is 16.2. The van der Waals surface area contributed by atoms with Crippen LogP contribution in [0.2, 0.25) is 0 Å². The summed E-state index contributed by atoms with van der Waals surface area (Å²) in [5.74, 6) is 1.26. The Morgan fingerprint density at radius 3 is 0.778 bits per heavy atom. The maximum atomic E-state index is 11.8. The van der Waals surface area contributed by atoms with Crippen LogP contribution in [0.5, 0.6) is 0 Å². The molecule has 322 valence electrons. The molecular formula is C48H94O6. The summed E-state index contributed by atoms with van der Waals surface area (Å²) in [5.41, 5.74) is 0. The first-order chi connectivity index (χ1) is 26.3. The molecule has 0 N–H and O–H groups in total. The molecule has 0 amide bonds. The second kappa shape index (κ2) is 44.1. The second-order valence-electron chi connectivity index (χ2n) is 16.2. The summed E-state index contributed by atoms with van der Waals surface area (Å²) < 4.78 is 16.2. The monoisotopic (exact) mass is 767 g/mol. The van der Waals surface area contributed by atoms with E-state index >= 15 is 0 Å². The molecule has 0 rings (SSSR count). The molecular weight excluding hydrogens is 673 g/mol. The van der Waals surface area contributed by atoms with E-state index in [2.05, 4.69) is 48.5 Å². The fraction of sp³-hybridized carbons (Fsp3) is 0.938. The number of hydrogen-bond donors (Lipinski definition) is 0. The summed E-state index contributed by atoms with van der Waals surface area (Å²) in [7, 11) is 0. The van der Waals surface area contributed by atoms with Gasteiger partial charge in [0.2, 0.25) is 0 Å². The third-order valence-corrected chi connectivity index (χ3v) is 11.1. The quantitative estimate of drug-likeness (QED) is 0.0352. The molecule has 0 aliphatic heterocycles. The van der Waals surface area contributed by atoms with E-state index < -0.39 is 0 Å². The molecule has 6 heteroatoms. The predicted molar refractivity (Wildman–Crippen MR) is 231 cm³/mol. The van der Waals surface area contributed by atoms with E-state index in [1.165, 1.54) is 135 Å². The lowest BCUT2D eigenvalue weighted by Crippen LogP contribution is -2.15. The number of carbonyl (C=O) groups excluding carboxylic acids is 3. The molecule has 54 heavy (non-hydrogen) atoms. The Hall–Kier alpha value is -1.59. The van der Waals surface area contributed by atoms with Crippen molar-refractivity contribution in [3.8, 4) is 0 Å². The molecule has 0 aliphatic carbocycles. The third kappa shape index (κ3) is 40.1. The summed E-state index contributed by atoms with van der Waals surface area (Å²) in [6, 6.07) is 0. The van der Waals surface area contributed by atoms with Gasteiger partial charge in [0.25, 0.3) is 0 Å². The van der Waals surface area contributed by atoms with E-state index in [0.29, 0.717) is 69.7 Å². The lowest BCUT2D eigenvalue weighted by Gasteiger charge is -2.15. The number of ether oxygens (including phenoxy) is 3. The van der Waals surface area contributed by atoms with Crippen molar-refractivity contribution in [2.75, 3.05) is 19.8 Å². The average Bonchev–Trinajstić information content (AvgIpc) is 3.18. The minimum atomic E-state index is -0.140. The Balaban J connectivity index is 0. The zero-order valence-corrected chi connectivity index (χ0v) is 37.4. The van der Waals surface area contributed by atoms with Crippen LogP contribution in [0.4, 0.5) is 0 Å². The normalized spacial score (nSPS) is 12.7. The van der Waals surface area contributed by atoms with Gasteiger partial charge in [0.15, 0.2) is 0 Å². The van der Waals surface area contributed by atoms with Crippen molar-refractivity contribution in [2.24, 2.45) is 17.8 Å². The Kier molecular flexibility index (Phi) is 44.5. The zero-order valence-electron chi connectivity index (χ0n) is 37.4. The number of carbonyl (C=O) groups is 3. The van der Waals surface area contributed by atoms with Gasteiger partial charge in [0, 0.05) is 19.3 Å². The molecule has 3 atom stereocenters. The summed E-state index contributed by atoms with van der Waals surface area (Å²) in [6.07, 6.45) is 37.0. The van der Waals surface area contributed by atoms with Crippen molar-refractivity contribution >= 4 is 17.9 Å². The van der Waals surface area contributed by atoms with Crippen LogP contribution in [0.3, 0.4) is 0 Å². The Morgan fingerprint density at radius 1 is 0.315 bits per heavy atom. The number of unbranched alkanes of at least 4 members (excludes halogenated alkanes) is 18. The Morgan fingerprint density at radius 2 is 0.537 bits per heavy atom. The van der Waals surface area contributed by atoms with Gasteiger partial charge in [-0.2, -0.15) is 0 Å². The standard InChI is InChI=1S/C26H52O2.C22H42O4/c1-4-7-9-10-11-12-13-14-15-16-17-18-19-20-21-23-26(27)28-24-25(6-3)22-8-5-2;1-5-9-13-19(7-3)17-25-21(23)15-11-12-16-22(24)26-18-20(8-4)14-10-6-2/h25H,4-24H2,1-3H3;19-20H,5-18H2,1-4H3. The minimum Gasteiger partial charge on any atom is -0.465 e. The van der Waals surface area contributed by atoms with Crippen LogP contribution in [-0.2, 0) is 28.6 Å².